The molecule has 0 spiro atoms. The van der Waals surface area contributed by atoms with Crippen molar-refractivity contribution in [3.63, 3.8) is 0 Å². The van der Waals surface area contributed by atoms with E-state index < -0.39 is 0 Å². The molecule has 0 heterocycles. The van der Waals surface area contributed by atoms with Crippen molar-refractivity contribution in [2.24, 2.45) is 5.92 Å². The van der Waals surface area contributed by atoms with Crippen LogP contribution in [0.1, 0.15) is 51.0 Å². The fraction of sp³-hybridized carbons (Fsp3) is 0.647. The molecule has 0 radical (unpaired) electrons. The Morgan fingerprint density at radius 2 is 1.83 bits per heavy atom. The summed E-state index contributed by atoms with van der Waals surface area (Å²) in [6.07, 6.45) is 9.67. The highest BCUT2D eigenvalue weighted by atomic mass is 16.5. The van der Waals surface area contributed by atoms with Gasteiger partial charge in [0.05, 0.1) is 6.10 Å². The first kappa shape index (κ1) is 13.6. The molecule has 1 aliphatic carbocycles. The van der Waals surface area contributed by atoms with Crippen LogP contribution in [0.25, 0.3) is 0 Å². The third kappa shape index (κ3) is 4.81. The zero-order chi connectivity index (χ0) is 12.6. The molecule has 18 heavy (non-hydrogen) atoms. The average molecular weight is 246 g/mol. The molecule has 1 aromatic carbocycles. The maximum Gasteiger partial charge on any atom is 0.0550 e. The van der Waals surface area contributed by atoms with Crippen molar-refractivity contribution in [2.75, 3.05) is 6.61 Å². The summed E-state index contributed by atoms with van der Waals surface area (Å²) in [6.45, 7) is 3.20. The molecular weight excluding hydrogens is 220 g/mol. The van der Waals surface area contributed by atoms with Crippen molar-refractivity contribution >= 4 is 0 Å². The number of benzene rings is 1. The molecule has 1 aliphatic rings. The van der Waals surface area contributed by atoms with Gasteiger partial charge in [-0.15, -0.1) is 0 Å². The van der Waals surface area contributed by atoms with Crippen molar-refractivity contribution in [2.45, 2.75) is 58.0 Å². The first-order chi connectivity index (χ1) is 8.84. The highest BCUT2D eigenvalue weighted by Crippen LogP contribution is 2.24. The van der Waals surface area contributed by atoms with Crippen molar-refractivity contribution in [1.29, 1.82) is 0 Å². The predicted molar refractivity (Wildman–Crippen MR) is 76.8 cm³/mol. The smallest absolute Gasteiger partial charge is 0.0550 e. The molecule has 0 aliphatic heterocycles. The van der Waals surface area contributed by atoms with E-state index in [1.807, 2.05) is 0 Å². The minimum atomic E-state index is 0.395. The highest BCUT2D eigenvalue weighted by molar-refractivity contribution is 5.14. The van der Waals surface area contributed by atoms with Gasteiger partial charge in [-0.05, 0) is 44.1 Å². The Morgan fingerprint density at radius 3 is 2.56 bits per heavy atom. The molecule has 0 N–H and O–H groups in total. The van der Waals surface area contributed by atoms with Gasteiger partial charge in [-0.25, -0.2) is 0 Å². The topological polar surface area (TPSA) is 9.23 Å². The van der Waals surface area contributed by atoms with Crippen LogP contribution in [0.5, 0.6) is 0 Å². The molecule has 0 aromatic heterocycles. The van der Waals surface area contributed by atoms with Crippen molar-refractivity contribution in [1.82, 2.24) is 0 Å². The van der Waals surface area contributed by atoms with Crippen LogP contribution in [-0.2, 0) is 11.2 Å². The third-order valence-electron chi connectivity index (χ3n) is 4.02. The van der Waals surface area contributed by atoms with Gasteiger partial charge in [0.1, 0.15) is 0 Å². The minimum Gasteiger partial charge on any atom is -0.378 e. The van der Waals surface area contributed by atoms with Gasteiger partial charge in [0, 0.05) is 6.61 Å². The van der Waals surface area contributed by atoms with E-state index in [4.69, 9.17) is 4.74 Å². The largest absolute Gasteiger partial charge is 0.378 e. The zero-order valence-corrected chi connectivity index (χ0v) is 11.6. The number of ether oxygens (including phenoxy) is 1. The number of aryl methyl sites for hydroxylation is 1. The van der Waals surface area contributed by atoms with Crippen LogP contribution in [-0.4, -0.2) is 12.7 Å². The van der Waals surface area contributed by atoms with E-state index >= 15 is 0 Å². The van der Waals surface area contributed by atoms with E-state index in [0.29, 0.717) is 6.10 Å². The van der Waals surface area contributed by atoms with Crippen LogP contribution in [0, 0.1) is 5.92 Å². The summed E-state index contributed by atoms with van der Waals surface area (Å²) in [4.78, 5) is 0. The summed E-state index contributed by atoms with van der Waals surface area (Å²) in [5.74, 6) is 0.831. The zero-order valence-electron chi connectivity index (χ0n) is 11.6. The Bertz CT molecular complexity index is 314. The van der Waals surface area contributed by atoms with Crippen LogP contribution >= 0.6 is 0 Å². The maximum atomic E-state index is 6.00. The standard InChI is InChI=1S/C17H26O/c1-15(12-13-16-8-4-2-5-9-16)18-14-17-10-6-3-7-11-17/h2,4-5,8-9,15,17H,3,6-7,10-14H2,1H3. The average Bonchev–Trinajstić information content (AvgIpc) is 2.45. The van der Waals surface area contributed by atoms with Crippen molar-refractivity contribution < 1.29 is 4.74 Å². The van der Waals surface area contributed by atoms with E-state index in [-0.39, 0.29) is 0 Å². The van der Waals surface area contributed by atoms with Gasteiger partial charge < -0.3 is 4.74 Å². The Kier molecular flexibility index (Phi) is 5.73. The van der Waals surface area contributed by atoms with E-state index in [9.17, 15) is 0 Å². The fourth-order valence-electron chi connectivity index (χ4n) is 2.75. The maximum absolute atomic E-state index is 6.00. The van der Waals surface area contributed by atoms with E-state index in [1.165, 1.54) is 37.7 Å². The SMILES string of the molecule is CC(CCc1ccccc1)OCC1CCCCC1. The Morgan fingerprint density at radius 1 is 1.11 bits per heavy atom. The second kappa shape index (κ2) is 7.58. The van der Waals surface area contributed by atoms with Crippen LogP contribution in [0.3, 0.4) is 0 Å². The lowest BCUT2D eigenvalue weighted by atomic mass is 9.90. The third-order valence-corrected chi connectivity index (χ3v) is 4.02. The lowest BCUT2D eigenvalue weighted by Crippen LogP contribution is -2.18. The van der Waals surface area contributed by atoms with Crippen LogP contribution < -0.4 is 0 Å². The molecule has 1 saturated carbocycles. The van der Waals surface area contributed by atoms with E-state index in [0.717, 1.165) is 25.4 Å². The van der Waals surface area contributed by atoms with E-state index in [2.05, 4.69) is 37.3 Å². The van der Waals surface area contributed by atoms with Crippen molar-refractivity contribution in [3.05, 3.63) is 35.9 Å². The normalized spacial score (nSPS) is 18.7. The van der Waals surface area contributed by atoms with E-state index in [1.54, 1.807) is 0 Å². The Hall–Kier alpha value is -0.820. The molecule has 1 heteroatoms. The lowest BCUT2D eigenvalue weighted by molar-refractivity contribution is 0.0269. The number of hydrogen-bond donors (Lipinski definition) is 0. The Labute approximate surface area is 112 Å². The summed E-state index contributed by atoms with van der Waals surface area (Å²) >= 11 is 0. The van der Waals surface area contributed by atoms with Gasteiger partial charge in [-0.1, -0.05) is 49.6 Å². The summed E-state index contributed by atoms with van der Waals surface area (Å²) in [5.41, 5.74) is 1.42. The molecule has 2 rings (SSSR count). The predicted octanol–water partition coefficient (Wildman–Crippen LogP) is 4.60. The number of hydrogen-bond acceptors (Lipinski definition) is 1. The van der Waals surface area contributed by atoms with Gasteiger partial charge in [-0.2, -0.15) is 0 Å². The molecule has 0 saturated heterocycles. The van der Waals surface area contributed by atoms with Gasteiger partial charge in [0.2, 0.25) is 0 Å². The molecule has 1 unspecified atom stereocenters. The fourth-order valence-corrected chi connectivity index (χ4v) is 2.75. The minimum absolute atomic E-state index is 0.395. The van der Waals surface area contributed by atoms with Crippen LogP contribution in [0.4, 0.5) is 0 Å². The van der Waals surface area contributed by atoms with Crippen LogP contribution in [0.15, 0.2) is 30.3 Å². The summed E-state index contributed by atoms with van der Waals surface area (Å²) < 4.78 is 6.00. The first-order valence-corrected chi connectivity index (χ1v) is 7.50. The van der Waals surface area contributed by atoms with Gasteiger partial charge in [0.25, 0.3) is 0 Å². The quantitative estimate of drug-likeness (QED) is 0.712. The van der Waals surface area contributed by atoms with Gasteiger partial charge in [-0.3, -0.25) is 0 Å². The molecule has 0 amide bonds. The lowest BCUT2D eigenvalue weighted by Gasteiger charge is -2.23. The molecule has 100 valence electrons. The Balaban J connectivity index is 1.61. The second-order valence-electron chi connectivity index (χ2n) is 5.67. The van der Waals surface area contributed by atoms with Crippen molar-refractivity contribution in [3.8, 4) is 0 Å². The van der Waals surface area contributed by atoms with Crippen LogP contribution in [0.2, 0.25) is 0 Å². The molecular formula is C17H26O. The number of rotatable bonds is 6. The van der Waals surface area contributed by atoms with Gasteiger partial charge >= 0.3 is 0 Å². The molecule has 1 atom stereocenters. The summed E-state index contributed by atoms with van der Waals surface area (Å²) in [6, 6.07) is 10.7. The monoisotopic (exact) mass is 246 g/mol. The summed E-state index contributed by atoms with van der Waals surface area (Å²) in [7, 11) is 0. The first-order valence-electron chi connectivity index (χ1n) is 7.50. The molecule has 0 bridgehead atoms. The summed E-state index contributed by atoms with van der Waals surface area (Å²) in [5, 5.41) is 0. The molecule has 1 fully saturated rings. The highest BCUT2D eigenvalue weighted by Gasteiger charge is 2.14. The molecule has 1 nitrogen and oxygen atoms in total. The molecule has 1 aromatic rings. The van der Waals surface area contributed by atoms with Gasteiger partial charge in [0.15, 0.2) is 0 Å². The second-order valence-corrected chi connectivity index (χ2v) is 5.67.